The maximum atomic E-state index is 13.4. The second-order valence-electron chi connectivity index (χ2n) is 8.62. The van der Waals surface area contributed by atoms with Crippen LogP contribution in [-0.4, -0.2) is 29.0 Å². The molecular formula is C28H27NO5. The van der Waals surface area contributed by atoms with E-state index in [4.69, 9.17) is 4.74 Å². The Morgan fingerprint density at radius 1 is 0.912 bits per heavy atom. The van der Waals surface area contributed by atoms with Gasteiger partial charge in [-0.15, -0.1) is 0 Å². The minimum Gasteiger partial charge on any atom is -0.508 e. The molecule has 1 unspecified atom stereocenters. The highest BCUT2D eigenvalue weighted by Gasteiger charge is 2.47. The third-order valence-corrected chi connectivity index (χ3v) is 6.49. The predicted octanol–water partition coefficient (Wildman–Crippen LogP) is 5.26. The lowest BCUT2D eigenvalue weighted by atomic mass is 9.92. The fourth-order valence-corrected chi connectivity index (χ4v) is 4.46. The SMILES string of the molecule is COc1cc(C)c(/C(O)=C2\C(=O)C(=O)N(c3cccc(C)c3C)C2c2ccc(O)cc2)cc1C. The molecule has 6 heteroatoms. The van der Waals surface area contributed by atoms with Crippen LogP contribution in [0.4, 0.5) is 5.69 Å². The van der Waals surface area contributed by atoms with Crippen LogP contribution in [0.3, 0.4) is 0 Å². The zero-order valence-electron chi connectivity index (χ0n) is 19.8. The molecule has 3 aromatic rings. The summed E-state index contributed by atoms with van der Waals surface area (Å²) < 4.78 is 5.37. The number of phenolic OH excluding ortho intramolecular Hbond substituents is 1. The normalized spacial score (nSPS) is 17.3. The standard InChI is InChI=1S/C28H27NO5/c1-15-7-6-8-22(18(15)4)29-25(19-9-11-20(30)12-10-19)24(27(32)28(29)33)26(31)21-13-17(3)23(34-5)14-16(21)2/h6-14,25,30-31H,1-5H3/b26-24+. The number of carbonyl (C=O) groups is 2. The third-order valence-electron chi connectivity index (χ3n) is 6.49. The molecule has 1 atom stereocenters. The Bertz CT molecular complexity index is 1340. The van der Waals surface area contributed by atoms with Crippen LogP contribution in [0.2, 0.25) is 0 Å². The number of hydrogen-bond acceptors (Lipinski definition) is 5. The van der Waals surface area contributed by atoms with Gasteiger partial charge in [0.05, 0.1) is 18.7 Å². The molecule has 0 aliphatic carbocycles. The van der Waals surface area contributed by atoms with Crippen molar-refractivity contribution in [3.63, 3.8) is 0 Å². The average Bonchev–Trinajstić information content (AvgIpc) is 3.07. The highest BCUT2D eigenvalue weighted by molar-refractivity contribution is 6.51. The van der Waals surface area contributed by atoms with Gasteiger partial charge in [0.25, 0.3) is 11.7 Å². The van der Waals surface area contributed by atoms with Crippen LogP contribution in [0.25, 0.3) is 5.76 Å². The molecule has 6 nitrogen and oxygen atoms in total. The highest BCUT2D eigenvalue weighted by atomic mass is 16.5. The van der Waals surface area contributed by atoms with Gasteiger partial charge < -0.3 is 14.9 Å². The van der Waals surface area contributed by atoms with Crippen molar-refractivity contribution in [2.75, 3.05) is 12.0 Å². The number of rotatable bonds is 4. The average molecular weight is 458 g/mol. The second kappa shape index (κ2) is 8.71. The number of nitrogens with zero attached hydrogens (tertiary/aromatic N) is 1. The number of amides is 1. The Labute approximate surface area is 198 Å². The van der Waals surface area contributed by atoms with Gasteiger partial charge in [-0.05, 0) is 85.8 Å². The summed E-state index contributed by atoms with van der Waals surface area (Å²) in [6.07, 6.45) is 0. The molecule has 34 heavy (non-hydrogen) atoms. The second-order valence-corrected chi connectivity index (χ2v) is 8.62. The number of aliphatic hydroxyl groups excluding tert-OH is 1. The molecule has 0 spiro atoms. The van der Waals surface area contributed by atoms with Crippen LogP contribution in [0.1, 0.15) is 39.4 Å². The van der Waals surface area contributed by atoms with Crippen molar-refractivity contribution in [2.45, 2.75) is 33.7 Å². The number of Topliss-reactive ketones (excluding diaryl/α,β-unsaturated/α-hetero) is 1. The maximum absolute atomic E-state index is 13.4. The van der Waals surface area contributed by atoms with E-state index in [2.05, 4.69) is 0 Å². The number of ether oxygens (including phenoxy) is 1. The van der Waals surface area contributed by atoms with Crippen LogP contribution in [0, 0.1) is 27.7 Å². The summed E-state index contributed by atoms with van der Waals surface area (Å²) in [5, 5.41) is 21.3. The van der Waals surface area contributed by atoms with E-state index in [9.17, 15) is 19.8 Å². The van der Waals surface area contributed by atoms with Gasteiger partial charge in [-0.1, -0.05) is 24.3 Å². The zero-order valence-corrected chi connectivity index (χ0v) is 19.8. The monoisotopic (exact) mass is 457 g/mol. The number of aryl methyl sites for hydroxylation is 3. The van der Waals surface area contributed by atoms with E-state index in [1.807, 2.05) is 39.8 Å². The Balaban J connectivity index is 2.00. The number of hydrogen-bond donors (Lipinski definition) is 2. The largest absolute Gasteiger partial charge is 0.508 e. The Morgan fingerprint density at radius 2 is 1.59 bits per heavy atom. The lowest BCUT2D eigenvalue weighted by molar-refractivity contribution is -0.132. The molecule has 4 rings (SSSR count). The summed E-state index contributed by atoms with van der Waals surface area (Å²) in [4.78, 5) is 28.2. The first kappa shape index (κ1) is 23.1. The first-order chi connectivity index (χ1) is 16.1. The van der Waals surface area contributed by atoms with Crippen LogP contribution in [0.15, 0.2) is 60.2 Å². The molecule has 0 radical (unpaired) electrons. The van der Waals surface area contributed by atoms with E-state index >= 15 is 0 Å². The van der Waals surface area contributed by atoms with Crippen molar-refractivity contribution in [1.29, 1.82) is 0 Å². The van der Waals surface area contributed by atoms with Gasteiger partial charge in [-0.2, -0.15) is 0 Å². The molecule has 0 bridgehead atoms. The lowest BCUT2D eigenvalue weighted by Gasteiger charge is -2.27. The van der Waals surface area contributed by atoms with Gasteiger partial charge in [0.1, 0.15) is 17.3 Å². The van der Waals surface area contributed by atoms with Crippen molar-refractivity contribution in [1.82, 2.24) is 0 Å². The number of phenols is 1. The lowest BCUT2D eigenvalue weighted by Crippen LogP contribution is -2.30. The maximum Gasteiger partial charge on any atom is 0.300 e. The number of benzene rings is 3. The van der Waals surface area contributed by atoms with Crippen LogP contribution < -0.4 is 9.64 Å². The van der Waals surface area contributed by atoms with Crippen molar-refractivity contribution >= 4 is 23.1 Å². The summed E-state index contributed by atoms with van der Waals surface area (Å²) in [7, 11) is 1.57. The first-order valence-corrected chi connectivity index (χ1v) is 11.0. The van der Waals surface area contributed by atoms with E-state index in [0.717, 1.165) is 16.7 Å². The van der Waals surface area contributed by atoms with E-state index in [1.54, 1.807) is 37.4 Å². The molecule has 2 N–H and O–H groups in total. The number of carbonyl (C=O) groups excluding carboxylic acids is 2. The minimum absolute atomic E-state index is 0.00395. The van der Waals surface area contributed by atoms with Crippen molar-refractivity contribution in [3.05, 3.63) is 93.6 Å². The molecule has 0 saturated carbocycles. The van der Waals surface area contributed by atoms with Gasteiger partial charge in [-0.3, -0.25) is 14.5 Å². The molecule has 1 amide bonds. The number of anilines is 1. The molecule has 1 saturated heterocycles. The van der Waals surface area contributed by atoms with E-state index in [0.29, 0.717) is 28.1 Å². The van der Waals surface area contributed by atoms with Crippen LogP contribution in [0.5, 0.6) is 11.5 Å². The van der Waals surface area contributed by atoms with Gasteiger partial charge in [0.15, 0.2) is 0 Å². The summed E-state index contributed by atoms with van der Waals surface area (Å²) in [5.41, 5.74) is 5.01. The summed E-state index contributed by atoms with van der Waals surface area (Å²) in [5.74, 6) is -0.984. The number of aliphatic hydroxyl groups is 1. The molecular weight excluding hydrogens is 430 g/mol. The van der Waals surface area contributed by atoms with E-state index < -0.39 is 17.7 Å². The van der Waals surface area contributed by atoms with Crippen molar-refractivity contribution < 1.29 is 24.5 Å². The summed E-state index contributed by atoms with van der Waals surface area (Å²) >= 11 is 0. The van der Waals surface area contributed by atoms with E-state index in [-0.39, 0.29) is 17.1 Å². The van der Waals surface area contributed by atoms with Gasteiger partial charge in [0, 0.05) is 11.3 Å². The van der Waals surface area contributed by atoms with Crippen LogP contribution >= 0.6 is 0 Å². The molecule has 174 valence electrons. The Morgan fingerprint density at radius 3 is 2.24 bits per heavy atom. The number of methoxy groups -OCH3 is 1. The third kappa shape index (κ3) is 3.71. The Kier molecular flexibility index (Phi) is 5.92. The zero-order chi connectivity index (χ0) is 24.7. The smallest absolute Gasteiger partial charge is 0.300 e. The predicted molar refractivity (Wildman–Crippen MR) is 131 cm³/mol. The summed E-state index contributed by atoms with van der Waals surface area (Å²) in [6.45, 7) is 7.50. The molecule has 1 aliphatic heterocycles. The summed E-state index contributed by atoms with van der Waals surface area (Å²) in [6, 6.07) is 14.6. The molecule has 0 aromatic heterocycles. The number of ketones is 1. The van der Waals surface area contributed by atoms with Gasteiger partial charge >= 0.3 is 0 Å². The quantitative estimate of drug-likeness (QED) is 0.317. The molecule has 3 aromatic carbocycles. The van der Waals surface area contributed by atoms with Gasteiger partial charge in [0.2, 0.25) is 0 Å². The fraction of sp³-hybridized carbons (Fsp3) is 0.214. The van der Waals surface area contributed by atoms with E-state index in [1.165, 1.54) is 17.0 Å². The van der Waals surface area contributed by atoms with Crippen molar-refractivity contribution in [2.24, 2.45) is 0 Å². The fourth-order valence-electron chi connectivity index (χ4n) is 4.46. The molecule has 1 aliphatic rings. The molecule has 1 heterocycles. The number of aromatic hydroxyl groups is 1. The Hall–Kier alpha value is -4.06. The molecule has 1 fully saturated rings. The van der Waals surface area contributed by atoms with Gasteiger partial charge in [-0.25, -0.2) is 0 Å². The minimum atomic E-state index is -0.858. The van der Waals surface area contributed by atoms with Crippen LogP contribution in [-0.2, 0) is 9.59 Å². The topological polar surface area (TPSA) is 87.1 Å². The highest BCUT2D eigenvalue weighted by Crippen LogP contribution is 2.44. The first-order valence-electron chi connectivity index (χ1n) is 11.0. The van der Waals surface area contributed by atoms with Crippen molar-refractivity contribution in [3.8, 4) is 11.5 Å².